The molecular weight excluding hydrogens is 166 g/mol. The minimum Gasteiger partial charge on any atom is -0.389 e. The van der Waals surface area contributed by atoms with E-state index in [1.165, 1.54) is 11.4 Å². The molecule has 0 unspecified atom stereocenters. The van der Waals surface area contributed by atoms with Crippen LogP contribution in [0, 0.1) is 6.92 Å². The van der Waals surface area contributed by atoms with E-state index in [-0.39, 0.29) is 0 Å². The number of hydrogen-bond donors (Lipinski definition) is 1. The van der Waals surface area contributed by atoms with Gasteiger partial charge >= 0.3 is 0 Å². The highest BCUT2D eigenvalue weighted by Gasteiger charge is 2.14. The van der Waals surface area contributed by atoms with Crippen molar-refractivity contribution in [2.24, 2.45) is 8.73 Å². The Labute approximate surface area is 65.8 Å². The van der Waals surface area contributed by atoms with E-state index < -0.39 is 0 Å². The Bertz CT molecular complexity index is 318. The molecule has 1 aromatic heterocycles. The van der Waals surface area contributed by atoms with Gasteiger partial charge in [0.1, 0.15) is 16.4 Å². The molecule has 0 spiro atoms. The Morgan fingerprint density at radius 2 is 2.00 bits per heavy atom. The Morgan fingerprint density at radius 1 is 1.30 bits per heavy atom. The van der Waals surface area contributed by atoms with Crippen molar-refractivity contribution in [3.05, 3.63) is 4.88 Å². The molecule has 0 aliphatic carbocycles. The summed E-state index contributed by atoms with van der Waals surface area (Å²) in [7, 11) is 0. The maximum absolute atomic E-state index is 5.64. The van der Waals surface area contributed by atoms with Gasteiger partial charge in [-0.25, -0.2) is 0 Å². The fourth-order valence-electron chi connectivity index (χ4n) is 0.843. The van der Waals surface area contributed by atoms with Crippen molar-refractivity contribution in [2.45, 2.75) is 6.92 Å². The van der Waals surface area contributed by atoms with Gasteiger partial charge in [-0.05, 0) is 6.92 Å². The number of aryl methyl sites for hydroxylation is 1. The molecule has 2 N–H and O–H groups in total. The van der Waals surface area contributed by atoms with Crippen molar-refractivity contribution in [1.29, 1.82) is 0 Å². The molecule has 0 radical (unpaired) electrons. The van der Waals surface area contributed by atoms with Crippen LogP contribution in [0.2, 0.25) is 0 Å². The molecule has 0 fully saturated rings. The topological polar surface area (TPSA) is 50.7 Å². The molecule has 1 aliphatic rings. The number of nitrogen functional groups attached to an aromatic ring is 1. The molecule has 0 saturated heterocycles. The summed E-state index contributed by atoms with van der Waals surface area (Å²) >= 11 is 2.76. The molecule has 0 bridgehead atoms. The van der Waals surface area contributed by atoms with E-state index >= 15 is 0 Å². The van der Waals surface area contributed by atoms with E-state index in [2.05, 4.69) is 8.73 Å². The lowest BCUT2D eigenvalue weighted by molar-refractivity contribution is 1.53. The predicted octanol–water partition coefficient (Wildman–Crippen LogP) is 2.37. The normalized spacial score (nSPS) is 13.3. The van der Waals surface area contributed by atoms with Gasteiger partial charge in [0, 0.05) is 4.88 Å². The predicted molar refractivity (Wildman–Crippen MR) is 45.0 cm³/mol. The largest absolute Gasteiger partial charge is 0.389 e. The van der Waals surface area contributed by atoms with Crippen LogP contribution in [0.15, 0.2) is 8.73 Å². The number of nitrogens with two attached hydrogens (primary N) is 1. The summed E-state index contributed by atoms with van der Waals surface area (Å²) < 4.78 is 8.16. The van der Waals surface area contributed by atoms with Crippen LogP contribution in [0.25, 0.3) is 0 Å². The van der Waals surface area contributed by atoms with Gasteiger partial charge in [0.15, 0.2) is 0 Å². The molecule has 2 rings (SSSR count). The van der Waals surface area contributed by atoms with Crippen LogP contribution in [-0.4, -0.2) is 0 Å². The lowest BCUT2D eigenvalue weighted by Crippen LogP contribution is -1.74. The van der Waals surface area contributed by atoms with Crippen molar-refractivity contribution in [2.75, 3.05) is 5.73 Å². The number of hydrogen-bond acceptors (Lipinski definition) is 4. The SMILES string of the molecule is Cc1sc(N)c2c1N=S=N2. The number of fused-ring (bicyclic) bond motifs is 1. The number of rotatable bonds is 0. The van der Waals surface area contributed by atoms with Crippen molar-refractivity contribution >= 4 is 39.1 Å². The van der Waals surface area contributed by atoms with Gasteiger partial charge in [-0.2, -0.15) is 8.73 Å². The van der Waals surface area contributed by atoms with Gasteiger partial charge in [0.2, 0.25) is 0 Å². The molecule has 10 heavy (non-hydrogen) atoms. The van der Waals surface area contributed by atoms with Gasteiger partial charge in [-0.15, -0.1) is 11.3 Å². The second-order valence-corrected chi connectivity index (χ2v) is 3.77. The fourth-order valence-corrected chi connectivity index (χ4v) is 2.38. The molecule has 0 saturated carbocycles. The van der Waals surface area contributed by atoms with E-state index in [1.54, 1.807) is 11.3 Å². The number of thiophene rings is 1. The molecule has 1 aromatic rings. The molecule has 0 aromatic carbocycles. The average molecular weight is 171 g/mol. The summed E-state index contributed by atoms with van der Waals surface area (Å²) in [5, 5.41) is 0.779. The fraction of sp³-hybridized carbons (Fsp3) is 0.200. The Kier molecular flexibility index (Phi) is 1.15. The van der Waals surface area contributed by atoms with Crippen LogP contribution >= 0.6 is 11.3 Å². The van der Waals surface area contributed by atoms with Crippen LogP contribution in [0.3, 0.4) is 0 Å². The van der Waals surface area contributed by atoms with E-state index in [1.807, 2.05) is 6.92 Å². The van der Waals surface area contributed by atoms with Crippen molar-refractivity contribution in [3.8, 4) is 0 Å². The maximum atomic E-state index is 5.64. The molecule has 0 atom stereocenters. The van der Waals surface area contributed by atoms with Crippen molar-refractivity contribution in [1.82, 2.24) is 0 Å². The highest BCUT2D eigenvalue weighted by Crippen LogP contribution is 2.45. The van der Waals surface area contributed by atoms with Crippen LogP contribution in [0.5, 0.6) is 0 Å². The number of anilines is 1. The van der Waals surface area contributed by atoms with Crippen LogP contribution in [0.4, 0.5) is 16.4 Å². The highest BCUT2D eigenvalue weighted by atomic mass is 32.1. The van der Waals surface area contributed by atoms with Gasteiger partial charge < -0.3 is 5.73 Å². The van der Waals surface area contributed by atoms with E-state index in [0.717, 1.165) is 21.3 Å². The van der Waals surface area contributed by atoms with Gasteiger partial charge in [0.05, 0.1) is 11.4 Å². The summed E-state index contributed by atoms with van der Waals surface area (Å²) in [6.45, 7) is 2.00. The second kappa shape index (κ2) is 1.90. The molecule has 3 nitrogen and oxygen atoms in total. The van der Waals surface area contributed by atoms with Gasteiger partial charge in [-0.3, -0.25) is 0 Å². The standard InChI is InChI=1S/C5H5N3S2/c1-2-3-4(5(6)9-2)8-10-7-3/h6H2,1H3. The summed E-state index contributed by atoms with van der Waals surface area (Å²) in [6, 6.07) is 0. The summed E-state index contributed by atoms with van der Waals surface area (Å²) in [5.74, 6) is 0. The zero-order valence-electron chi connectivity index (χ0n) is 5.29. The lowest BCUT2D eigenvalue weighted by atomic mass is 10.4. The first-order valence-electron chi connectivity index (χ1n) is 2.76. The van der Waals surface area contributed by atoms with E-state index in [9.17, 15) is 0 Å². The highest BCUT2D eigenvalue weighted by molar-refractivity contribution is 7.58. The maximum Gasteiger partial charge on any atom is 0.139 e. The van der Waals surface area contributed by atoms with Crippen molar-refractivity contribution in [3.63, 3.8) is 0 Å². The average Bonchev–Trinajstić information content (AvgIpc) is 2.39. The third kappa shape index (κ3) is 0.643. The summed E-state index contributed by atoms with van der Waals surface area (Å²) in [5.41, 5.74) is 7.48. The van der Waals surface area contributed by atoms with Crippen LogP contribution < -0.4 is 5.73 Å². The minimum atomic E-state index is 0.779. The second-order valence-electron chi connectivity index (χ2n) is 1.98. The molecule has 1 aliphatic heterocycles. The van der Waals surface area contributed by atoms with Crippen molar-refractivity contribution < 1.29 is 0 Å². The Balaban J connectivity index is 2.77. The first-order chi connectivity index (χ1) is 4.79. The van der Waals surface area contributed by atoms with Gasteiger partial charge in [0.25, 0.3) is 0 Å². The van der Waals surface area contributed by atoms with E-state index in [4.69, 9.17) is 5.73 Å². The third-order valence-electron chi connectivity index (χ3n) is 1.32. The quantitative estimate of drug-likeness (QED) is 0.650. The zero-order valence-corrected chi connectivity index (χ0v) is 6.92. The molecule has 52 valence electrons. The van der Waals surface area contributed by atoms with E-state index in [0.29, 0.717) is 0 Å². The summed E-state index contributed by atoms with van der Waals surface area (Å²) in [6.07, 6.45) is 0. The zero-order chi connectivity index (χ0) is 7.14. The smallest absolute Gasteiger partial charge is 0.139 e. The number of nitrogens with zero attached hydrogens (tertiary/aromatic N) is 2. The third-order valence-corrected chi connectivity index (χ3v) is 2.76. The molecule has 2 heterocycles. The molecule has 5 heteroatoms. The molecule has 0 amide bonds. The Morgan fingerprint density at radius 3 is 2.70 bits per heavy atom. The Hall–Kier alpha value is -0.680. The lowest BCUT2D eigenvalue weighted by Gasteiger charge is -1.82. The van der Waals surface area contributed by atoms with Gasteiger partial charge in [-0.1, -0.05) is 0 Å². The van der Waals surface area contributed by atoms with Crippen LogP contribution in [-0.2, 0) is 11.4 Å². The summed E-state index contributed by atoms with van der Waals surface area (Å²) in [4.78, 5) is 1.15. The van der Waals surface area contributed by atoms with Crippen LogP contribution in [0.1, 0.15) is 4.88 Å². The first-order valence-corrected chi connectivity index (χ1v) is 4.31. The monoisotopic (exact) mass is 171 g/mol. The minimum absolute atomic E-state index is 0.779. The first kappa shape index (κ1) is 6.06. The molecular formula is C5H5N3S2.